The van der Waals surface area contributed by atoms with Crippen molar-refractivity contribution in [2.75, 3.05) is 5.32 Å². The third kappa shape index (κ3) is 4.23. The lowest BCUT2D eigenvalue weighted by atomic mass is 10.1. The highest BCUT2D eigenvalue weighted by atomic mass is 35.5. The van der Waals surface area contributed by atoms with Crippen LogP contribution in [0, 0.1) is 6.92 Å². The molecule has 4 rings (SSSR count). The number of carbonyl (C=O) groups is 1. The number of hydrogen-bond acceptors (Lipinski definition) is 3. The lowest BCUT2D eigenvalue weighted by Gasteiger charge is -2.08. The van der Waals surface area contributed by atoms with Gasteiger partial charge in [-0.15, -0.1) is 0 Å². The second-order valence-electron chi connectivity index (χ2n) is 6.85. The minimum absolute atomic E-state index is 0.154. The maximum Gasteiger partial charge on any atom is 0.228 e. The normalized spacial score (nSPS) is 10.8. The Hall–Kier alpha value is -3.37. The van der Waals surface area contributed by atoms with Crippen LogP contribution in [0.5, 0.6) is 0 Å². The first kappa shape index (κ1) is 19.0. The Morgan fingerprint density at radius 3 is 2.52 bits per heavy atom. The van der Waals surface area contributed by atoms with E-state index in [1.165, 1.54) is 6.07 Å². The third-order valence-corrected chi connectivity index (χ3v) is 4.95. The summed E-state index contributed by atoms with van der Waals surface area (Å²) in [6, 6.07) is 21.4. The summed E-state index contributed by atoms with van der Waals surface area (Å²) in [5, 5.41) is 3.88. The second kappa shape index (κ2) is 7.94. The number of benzene rings is 3. The zero-order valence-electron chi connectivity index (χ0n) is 15.7. The van der Waals surface area contributed by atoms with Gasteiger partial charge in [0.25, 0.3) is 0 Å². The van der Waals surface area contributed by atoms with Crippen LogP contribution in [0.15, 0.2) is 82.0 Å². The lowest BCUT2D eigenvalue weighted by Crippen LogP contribution is -2.14. The number of halogens is 1. The minimum atomic E-state index is -0.174. The zero-order chi connectivity index (χ0) is 20.4. The van der Waals surface area contributed by atoms with Gasteiger partial charge in [-0.1, -0.05) is 48.0 Å². The van der Waals surface area contributed by atoms with Crippen LogP contribution >= 0.6 is 11.6 Å². The van der Waals surface area contributed by atoms with Crippen LogP contribution in [-0.4, -0.2) is 5.91 Å². The molecule has 0 aliphatic rings. The van der Waals surface area contributed by atoms with Crippen molar-refractivity contribution >= 4 is 34.2 Å². The minimum Gasteiger partial charge on any atom is -0.456 e. The molecule has 0 spiro atoms. The fraction of sp³-hybridized carbons (Fsp3) is 0.0833. The van der Waals surface area contributed by atoms with Gasteiger partial charge in [-0.3, -0.25) is 9.59 Å². The SMILES string of the molecule is Cc1ccccc1-c1cc(=O)c2cc(NC(=O)Cc3ccc(Cl)cc3)ccc2o1. The van der Waals surface area contributed by atoms with E-state index < -0.39 is 0 Å². The smallest absolute Gasteiger partial charge is 0.228 e. The summed E-state index contributed by atoms with van der Waals surface area (Å²) in [5.74, 6) is 0.354. The van der Waals surface area contributed by atoms with Gasteiger partial charge in [0.1, 0.15) is 11.3 Å². The van der Waals surface area contributed by atoms with E-state index in [9.17, 15) is 9.59 Å². The standard InChI is InChI=1S/C24H18ClNO3/c1-15-4-2-3-5-19(15)23-14-21(27)20-13-18(10-11-22(20)29-23)26-24(28)12-16-6-8-17(25)9-7-16/h2-11,13-14H,12H2,1H3,(H,26,28). The van der Waals surface area contributed by atoms with E-state index in [4.69, 9.17) is 16.0 Å². The first-order chi connectivity index (χ1) is 14.0. The van der Waals surface area contributed by atoms with Gasteiger partial charge in [-0.05, 0) is 48.4 Å². The lowest BCUT2D eigenvalue weighted by molar-refractivity contribution is -0.115. The molecule has 5 heteroatoms. The average molecular weight is 404 g/mol. The van der Waals surface area contributed by atoms with Gasteiger partial charge in [-0.25, -0.2) is 0 Å². The number of carbonyl (C=O) groups excluding carboxylic acids is 1. The summed E-state index contributed by atoms with van der Waals surface area (Å²) in [6.07, 6.45) is 0.218. The Morgan fingerprint density at radius 1 is 1.00 bits per heavy atom. The number of rotatable bonds is 4. The first-order valence-electron chi connectivity index (χ1n) is 9.18. The molecule has 0 fully saturated rings. The summed E-state index contributed by atoms with van der Waals surface area (Å²) in [5.41, 5.74) is 3.64. The van der Waals surface area contributed by atoms with E-state index in [0.717, 1.165) is 16.7 Å². The number of hydrogen-bond donors (Lipinski definition) is 1. The molecule has 0 aliphatic carbocycles. The Bertz CT molecular complexity index is 1260. The number of amides is 1. The Kier molecular flexibility index (Phi) is 5.19. The van der Waals surface area contributed by atoms with Crippen LogP contribution in [0.2, 0.25) is 5.02 Å². The number of fused-ring (bicyclic) bond motifs is 1. The summed E-state index contributed by atoms with van der Waals surface area (Å²) < 4.78 is 5.95. The maximum atomic E-state index is 12.7. The Balaban J connectivity index is 1.59. The molecule has 0 saturated carbocycles. The molecule has 0 atom stereocenters. The Morgan fingerprint density at radius 2 is 1.76 bits per heavy atom. The summed E-state index contributed by atoms with van der Waals surface area (Å²) in [4.78, 5) is 25.0. The molecule has 0 saturated heterocycles. The van der Waals surface area contributed by atoms with Crippen LogP contribution in [0.25, 0.3) is 22.3 Å². The quantitative estimate of drug-likeness (QED) is 0.482. The molecule has 0 unspecified atom stereocenters. The predicted molar refractivity (Wildman–Crippen MR) is 116 cm³/mol. The van der Waals surface area contributed by atoms with Gasteiger partial charge in [-0.2, -0.15) is 0 Å². The van der Waals surface area contributed by atoms with Crippen molar-refractivity contribution in [3.8, 4) is 11.3 Å². The first-order valence-corrected chi connectivity index (χ1v) is 9.55. The molecule has 29 heavy (non-hydrogen) atoms. The van der Waals surface area contributed by atoms with Gasteiger partial charge in [0.2, 0.25) is 5.91 Å². The molecular weight excluding hydrogens is 386 g/mol. The molecule has 1 aromatic heterocycles. The van der Waals surface area contributed by atoms with Gasteiger partial charge in [0, 0.05) is 22.3 Å². The van der Waals surface area contributed by atoms with E-state index in [-0.39, 0.29) is 17.8 Å². The summed E-state index contributed by atoms with van der Waals surface area (Å²) >= 11 is 5.87. The van der Waals surface area contributed by atoms with Crippen molar-refractivity contribution in [2.24, 2.45) is 0 Å². The highest BCUT2D eigenvalue weighted by Gasteiger charge is 2.11. The Labute approximate surface area is 172 Å². The van der Waals surface area contributed by atoms with E-state index >= 15 is 0 Å². The van der Waals surface area contributed by atoms with Crippen molar-refractivity contribution in [3.63, 3.8) is 0 Å². The molecule has 144 valence electrons. The number of nitrogens with one attached hydrogen (secondary N) is 1. The topological polar surface area (TPSA) is 59.3 Å². The molecule has 0 radical (unpaired) electrons. The largest absolute Gasteiger partial charge is 0.456 e. The van der Waals surface area contributed by atoms with E-state index in [1.54, 1.807) is 30.3 Å². The van der Waals surface area contributed by atoms with Crippen molar-refractivity contribution in [3.05, 3.63) is 99.2 Å². The van der Waals surface area contributed by atoms with Crippen molar-refractivity contribution in [1.82, 2.24) is 0 Å². The van der Waals surface area contributed by atoms with Crippen LogP contribution in [-0.2, 0) is 11.2 Å². The molecule has 4 nitrogen and oxygen atoms in total. The molecule has 1 N–H and O–H groups in total. The summed E-state index contributed by atoms with van der Waals surface area (Å²) in [7, 11) is 0. The van der Waals surface area contributed by atoms with Crippen molar-refractivity contribution in [1.29, 1.82) is 0 Å². The zero-order valence-corrected chi connectivity index (χ0v) is 16.5. The van der Waals surface area contributed by atoms with Crippen LogP contribution in [0.4, 0.5) is 5.69 Å². The van der Waals surface area contributed by atoms with E-state index in [0.29, 0.717) is 27.4 Å². The monoisotopic (exact) mass is 403 g/mol. The number of aryl methyl sites for hydroxylation is 1. The fourth-order valence-electron chi connectivity index (χ4n) is 3.21. The molecule has 1 amide bonds. The predicted octanol–water partition coefficient (Wildman–Crippen LogP) is 5.60. The van der Waals surface area contributed by atoms with Gasteiger partial charge < -0.3 is 9.73 Å². The van der Waals surface area contributed by atoms with Crippen LogP contribution < -0.4 is 10.7 Å². The molecule has 4 aromatic rings. The van der Waals surface area contributed by atoms with Crippen LogP contribution in [0.3, 0.4) is 0 Å². The van der Waals surface area contributed by atoms with E-state index in [1.807, 2.05) is 43.3 Å². The van der Waals surface area contributed by atoms with E-state index in [2.05, 4.69) is 5.32 Å². The highest BCUT2D eigenvalue weighted by molar-refractivity contribution is 6.30. The van der Waals surface area contributed by atoms with Crippen molar-refractivity contribution < 1.29 is 9.21 Å². The molecule has 3 aromatic carbocycles. The molecule has 0 aliphatic heterocycles. The van der Waals surface area contributed by atoms with Crippen LogP contribution in [0.1, 0.15) is 11.1 Å². The molecular formula is C24H18ClNO3. The number of anilines is 1. The van der Waals surface area contributed by atoms with Crippen molar-refractivity contribution in [2.45, 2.75) is 13.3 Å². The second-order valence-corrected chi connectivity index (χ2v) is 7.29. The fourth-order valence-corrected chi connectivity index (χ4v) is 3.33. The van der Waals surface area contributed by atoms with Gasteiger partial charge >= 0.3 is 0 Å². The third-order valence-electron chi connectivity index (χ3n) is 4.70. The molecule has 0 bridgehead atoms. The highest BCUT2D eigenvalue weighted by Crippen LogP contribution is 2.26. The van der Waals surface area contributed by atoms with Gasteiger partial charge in [0.15, 0.2) is 5.43 Å². The summed E-state index contributed by atoms with van der Waals surface area (Å²) in [6.45, 7) is 1.97. The average Bonchev–Trinajstić information content (AvgIpc) is 2.70. The maximum absolute atomic E-state index is 12.7. The molecule has 1 heterocycles. The van der Waals surface area contributed by atoms with Gasteiger partial charge in [0.05, 0.1) is 11.8 Å².